The number of nitrogens with zero attached hydrogens (tertiary/aromatic N) is 1. The first-order chi connectivity index (χ1) is 8.82. The molecular formula is C11H15NO5S2. The molecule has 1 saturated heterocycles. The molecule has 1 aromatic heterocycles. The number of aliphatic hydroxyl groups excluding tert-OH is 1. The molecule has 0 aliphatic carbocycles. The number of aromatic carboxylic acids is 1. The summed E-state index contributed by atoms with van der Waals surface area (Å²) in [6, 6.07) is 2.58. The van der Waals surface area contributed by atoms with E-state index in [1.54, 1.807) is 0 Å². The Labute approximate surface area is 115 Å². The summed E-state index contributed by atoms with van der Waals surface area (Å²) < 4.78 is 25.8. The molecule has 19 heavy (non-hydrogen) atoms. The van der Waals surface area contributed by atoms with E-state index in [1.807, 2.05) is 6.92 Å². The molecule has 1 aliphatic rings. The third-order valence-corrected chi connectivity index (χ3v) is 6.67. The first-order valence-corrected chi connectivity index (χ1v) is 8.09. The molecule has 6 nitrogen and oxygen atoms in total. The van der Waals surface area contributed by atoms with Crippen molar-refractivity contribution in [1.29, 1.82) is 0 Å². The highest BCUT2D eigenvalue weighted by Crippen LogP contribution is 2.28. The Kier molecular flexibility index (Phi) is 3.95. The Balaban J connectivity index is 2.24. The standard InChI is InChI=1S/C11H15NO5S2/c1-7-4-5-12(6-8(7)13)19(16,17)10-3-2-9(18-10)11(14)15/h2-3,7-8,13H,4-6H2,1H3,(H,14,15). The Bertz CT molecular complexity index is 580. The van der Waals surface area contributed by atoms with E-state index in [4.69, 9.17) is 5.11 Å². The monoisotopic (exact) mass is 305 g/mol. The van der Waals surface area contributed by atoms with Crippen LogP contribution >= 0.6 is 11.3 Å². The number of carbonyl (C=O) groups is 1. The maximum absolute atomic E-state index is 12.3. The van der Waals surface area contributed by atoms with Crippen LogP contribution in [0.3, 0.4) is 0 Å². The molecule has 106 valence electrons. The molecule has 2 heterocycles. The van der Waals surface area contributed by atoms with Gasteiger partial charge in [-0.1, -0.05) is 6.92 Å². The van der Waals surface area contributed by atoms with Crippen molar-refractivity contribution < 1.29 is 23.4 Å². The summed E-state index contributed by atoms with van der Waals surface area (Å²) in [6.45, 7) is 2.28. The van der Waals surface area contributed by atoms with Gasteiger partial charge in [-0.15, -0.1) is 11.3 Å². The lowest BCUT2D eigenvalue weighted by molar-refractivity contribution is 0.0606. The van der Waals surface area contributed by atoms with Gasteiger partial charge in [-0.3, -0.25) is 0 Å². The molecule has 0 bridgehead atoms. The van der Waals surface area contributed by atoms with Gasteiger partial charge in [0.1, 0.15) is 9.09 Å². The number of aliphatic hydroxyl groups is 1. The van der Waals surface area contributed by atoms with Gasteiger partial charge in [0.05, 0.1) is 6.10 Å². The molecule has 2 atom stereocenters. The number of thiophene rings is 1. The quantitative estimate of drug-likeness (QED) is 0.863. The van der Waals surface area contributed by atoms with Gasteiger partial charge >= 0.3 is 5.97 Å². The lowest BCUT2D eigenvalue weighted by atomic mass is 9.98. The summed E-state index contributed by atoms with van der Waals surface area (Å²) in [6.07, 6.45) is -0.0835. The minimum atomic E-state index is -3.70. The van der Waals surface area contributed by atoms with Gasteiger partial charge in [0, 0.05) is 13.1 Å². The van der Waals surface area contributed by atoms with Gasteiger partial charge < -0.3 is 10.2 Å². The molecule has 0 amide bonds. The smallest absolute Gasteiger partial charge is 0.345 e. The normalized spacial score (nSPS) is 25.4. The molecule has 1 aromatic rings. The zero-order valence-corrected chi connectivity index (χ0v) is 11.9. The fourth-order valence-corrected chi connectivity index (χ4v) is 4.71. The number of rotatable bonds is 3. The first kappa shape index (κ1) is 14.4. The van der Waals surface area contributed by atoms with E-state index in [2.05, 4.69) is 0 Å². The molecule has 1 aliphatic heterocycles. The molecule has 1 fully saturated rings. The number of carboxylic acids is 1. The van der Waals surface area contributed by atoms with Crippen LogP contribution in [0, 0.1) is 5.92 Å². The fourth-order valence-electron chi connectivity index (χ4n) is 1.94. The van der Waals surface area contributed by atoms with Crippen LogP contribution in [0.4, 0.5) is 0 Å². The van der Waals surface area contributed by atoms with E-state index < -0.39 is 22.1 Å². The van der Waals surface area contributed by atoms with Crippen LogP contribution in [0.2, 0.25) is 0 Å². The zero-order chi connectivity index (χ0) is 14.2. The highest BCUT2D eigenvalue weighted by atomic mass is 32.2. The van der Waals surface area contributed by atoms with Gasteiger partial charge in [0.15, 0.2) is 0 Å². The van der Waals surface area contributed by atoms with Crippen molar-refractivity contribution in [2.24, 2.45) is 5.92 Å². The van der Waals surface area contributed by atoms with Crippen LogP contribution < -0.4 is 0 Å². The predicted octanol–water partition coefficient (Wildman–Crippen LogP) is 0.838. The second-order valence-corrected chi connectivity index (χ2v) is 7.87. The van der Waals surface area contributed by atoms with Crippen LogP contribution in [0.25, 0.3) is 0 Å². The summed E-state index contributed by atoms with van der Waals surface area (Å²) >= 11 is 0.733. The van der Waals surface area contributed by atoms with E-state index in [-0.39, 0.29) is 21.5 Å². The minimum Gasteiger partial charge on any atom is -0.477 e. The molecule has 0 radical (unpaired) electrons. The molecular weight excluding hydrogens is 290 g/mol. The van der Waals surface area contributed by atoms with Crippen LogP contribution in [0.5, 0.6) is 0 Å². The van der Waals surface area contributed by atoms with Crippen molar-refractivity contribution in [1.82, 2.24) is 4.31 Å². The number of hydrogen-bond donors (Lipinski definition) is 2. The Morgan fingerprint density at radius 1 is 1.47 bits per heavy atom. The van der Waals surface area contributed by atoms with Gasteiger partial charge in [-0.05, 0) is 24.5 Å². The third kappa shape index (κ3) is 2.81. The summed E-state index contributed by atoms with van der Waals surface area (Å²) in [4.78, 5) is 10.8. The molecule has 2 N–H and O–H groups in total. The SMILES string of the molecule is CC1CCN(S(=O)(=O)c2ccc(C(=O)O)s2)CC1O. The van der Waals surface area contributed by atoms with E-state index in [9.17, 15) is 18.3 Å². The van der Waals surface area contributed by atoms with Crippen molar-refractivity contribution in [3.8, 4) is 0 Å². The summed E-state index contributed by atoms with van der Waals surface area (Å²) in [7, 11) is -3.70. The summed E-state index contributed by atoms with van der Waals surface area (Å²) in [5, 5.41) is 18.6. The van der Waals surface area contributed by atoms with Gasteiger partial charge in [-0.25, -0.2) is 13.2 Å². The van der Waals surface area contributed by atoms with Crippen molar-refractivity contribution in [2.45, 2.75) is 23.7 Å². The van der Waals surface area contributed by atoms with Gasteiger partial charge in [0.25, 0.3) is 10.0 Å². The molecule has 0 aromatic carbocycles. The largest absolute Gasteiger partial charge is 0.477 e. The van der Waals surface area contributed by atoms with Gasteiger partial charge in [0.2, 0.25) is 0 Å². The number of β-amino-alcohol motifs (C(OH)–C–C–N with tert-alkyl or cyclic N) is 1. The Morgan fingerprint density at radius 3 is 2.68 bits per heavy atom. The van der Waals surface area contributed by atoms with E-state index >= 15 is 0 Å². The highest BCUT2D eigenvalue weighted by Gasteiger charge is 2.33. The number of sulfonamides is 1. The Hall–Kier alpha value is -0.960. The Morgan fingerprint density at radius 2 is 2.16 bits per heavy atom. The molecule has 8 heteroatoms. The lowest BCUT2D eigenvalue weighted by Gasteiger charge is -2.32. The molecule has 2 rings (SSSR count). The maximum Gasteiger partial charge on any atom is 0.345 e. The van der Waals surface area contributed by atoms with Crippen molar-refractivity contribution in [3.05, 3.63) is 17.0 Å². The molecule has 0 saturated carbocycles. The summed E-state index contributed by atoms with van der Waals surface area (Å²) in [5.41, 5.74) is 0. The highest BCUT2D eigenvalue weighted by molar-refractivity contribution is 7.91. The number of piperidine rings is 1. The third-order valence-electron chi connectivity index (χ3n) is 3.27. The second kappa shape index (κ2) is 5.20. The minimum absolute atomic E-state index is 0.00616. The first-order valence-electron chi connectivity index (χ1n) is 5.83. The van der Waals surface area contributed by atoms with Crippen LogP contribution in [0.1, 0.15) is 23.0 Å². The van der Waals surface area contributed by atoms with E-state index in [1.165, 1.54) is 16.4 Å². The molecule has 2 unspecified atom stereocenters. The molecule has 0 spiro atoms. The number of hydrogen-bond acceptors (Lipinski definition) is 5. The average Bonchev–Trinajstić information content (AvgIpc) is 2.82. The predicted molar refractivity (Wildman–Crippen MR) is 69.8 cm³/mol. The average molecular weight is 305 g/mol. The van der Waals surface area contributed by atoms with Crippen molar-refractivity contribution >= 4 is 27.3 Å². The lowest BCUT2D eigenvalue weighted by Crippen LogP contribution is -2.45. The van der Waals surface area contributed by atoms with E-state index in [0.29, 0.717) is 13.0 Å². The van der Waals surface area contributed by atoms with Crippen molar-refractivity contribution in [3.63, 3.8) is 0 Å². The maximum atomic E-state index is 12.3. The van der Waals surface area contributed by atoms with Crippen molar-refractivity contribution in [2.75, 3.05) is 13.1 Å². The second-order valence-electron chi connectivity index (χ2n) is 4.62. The topological polar surface area (TPSA) is 94.9 Å². The fraction of sp³-hybridized carbons (Fsp3) is 0.545. The van der Waals surface area contributed by atoms with Crippen LogP contribution in [-0.2, 0) is 10.0 Å². The zero-order valence-electron chi connectivity index (χ0n) is 10.3. The summed E-state index contributed by atoms with van der Waals surface area (Å²) in [5.74, 6) is -1.07. The number of carboxylic acid groups (broad SMARTS) is 1. The van der Waals surface area contributed by atoms with Crippen LogP contribution in [-0.4, -0.2) is 48.1 Å². The van der Waals surface area contributed by atoms with Gasteiger partial charge in [-0.2, -0.15) is 4.31 Å². The van der Waals surface area contributed by atoms with Crippen LogP contribution in [0.15, 0.2) is 16.3 Å². The van der Waals surface area contributed by atoms with E-state index in [0.717, 1.165) is 11.3 Å².